The van der Waals surface area contributed by atoms with Crippen molar-refractivity contribution in [2.45, 2.75) is 32.9 Å². The molecule has 1 aromatic rings. The second kappa shape index (κ2) is 8.89. The van der Waals surface area contributed by atoms with Crippen LogP contribution in [0.3, 0.4) is 0 Å². The molecule has 0 radical (unpaired) electrons. The zero-order valence-corrected chi connectivity index (χ0v) is 14.8. The third kappa shape index (κ3) is 6.76. The summed E-state index contributed by atoms with van der Waals surface area (Å²) in [4.78, 5) is 14.1. The molecule has 0 saturated carbocycles. The summed E-state index contributed by atoms with van der Waals surface area (Å²) in [6.45, 7) is 10.9. The van der Waals surface area contributed by atoms with E-state index in [4.69, 9.17) is 14.2 Å². The molecular weight excluding hydrogens is 308 g/mol. The first-order valence-electron chi connectivity index (χ1n) is 8.42. The first kappa shape index (κ1) is 18.5. The normalized spacial score (nSPS) is 15.8. The molecule has 1 saturated heterocycles. The largest absolute Gasteiger partial charge is 0.492 e. The van der Waals surface area contributed by atoms with Gasteiger partial charge in [-0.15, -0.1) is 0 Å². The zero-order chi connectivity index (χ0) is 17.4. The van der Waals surface area contributed by atoms with E-state index < -0.39 is 11.7 Å². The van der Waals surface area contributed by atoms with Crippen molar-refractivity contribution in [3.8, 4) is 5.75 Å². The molecule has 24 heavy (non-hydrogen) atoms. The first-order valence-corrected chi connectivity index (χ1v) is 8.42. The molecule has 1 aromatic carbocycles. The number of carbonyl (C=O) groups is 1. The summed E-state index contributed by atoms with van der Waals surface area (Å²) in [7, 11) is 0. The van der Waals surface area contributed by atoms with Gasteiger partial charge in [-0.05, 0) is 26.8 Å². The molecule has 0 spiro atoms. The van der Waals surface area contributed by atoms with E-state index in [0.29, 0.717) is 13.2 Å². The van der Waals surface area contributed by atoms with E-state index in [1.807, 2.05) is 45.0 Å². The maximum atomic E-state index is 11.8. The smallest absolute Gasteiger partial charge is 0.407 e. The molecule has 1 aliphatic rings. The molecule has 0 bridgehead atoms. The maximum absolute atomic E-state index is 11.8. The lowest BCUT2D eigenvalue weighted by atomic mass is 10.2. The van der Waals surface area contributed by atoms with E-state index in [0.717, 1.165) is 44.2 Å². The Labute approximate surface area is 144 Å². The molecule has 6 nitrogen and oxygen atoms in total. The number of amides is 1. The molecule has 134 valence electrons. The lowest BCUT2D eigenvalue weighted by Gasteiger charge is -2.26. The Morgan fingerprint density at radius 3 is 2.67 bits per heavy atom. The Balaban J connectivity index is 1.79. The summed E-state index contributed by atoms with van der Waals surface area (Å²) < 4.78 is 16.5. The number of alkyl carbamates (subject to hydrolysis) is 1. The third-order valence-corrected chi connectivity index (χ3v) is 3.56. The molecule has 0 atom stereocenters. The highest BCUT2D eigenvalue weighted by Gasteiger charge is 2.16. The van der Waals surface area contributed by atoms with Gasteiger partial charge in [-0.3, -0.25) is 4.90 Å². The molecule has 1 aliphatic heterocycles. The van der Waals surface area contributed by atoms with Gasteiger partial charge in [0.2, 0.25) is 0 Å². The Hall–Kier alpha value is -1.79. The Bertz CT molecular complexity index is 522. The van der Waals surface area contributed by atoms with Crippen LogP contribution in [-0.4, -0.2) is 56.0 Å². The summed E-state index contributed by atoms with van der Waals surface area (Å²) in [6.07, 6.45) is -0.425. The lowest BCUT2D eigenvalue weighted by molar-refractivity contribution is 0.0322. The Morgan fingerprint density at radius 2 is 1.96 bits per heavy atom. The predicted octanol–water partition coefficient (Wildman–Crippen LogP) is 2.42. The van der Waals surface area contributed by atoms with Gasteiger partial charge in [-0.1, -0.05) is 18.2 Å². The lowest BCUT2D eigenvalue weighted by Crippen LogP contribution is -2.38. The predicted molar refractivity (Wildman–Crippen MR) is 92.3 cm³/mol. The Morgan fingerprint density at radius 1 is 1.25 bits per heavy atom. The molecule has 6 heteroatoms. The fourth-order valence-electron chi connectivity index (χ4n) is 2.38. The monoisotopic (exact) mass is 336 g/mol. The minimum absolute atomic E-state index is 0.378. The van der Waals surface area contributed by atoms with Gasteiger partial charge in [0.25, 0.3) is 0 Å². The topological polar surface area (TPSA) is 60.0 Å². The summed E-state index contributed by atoms with van der Waals surface area (Å²) in [5.74, 6) is 0.793. The number of hydrogen-bond acceptors (Lipinski definition) is 5. The molecule has 0 unspecified atom stereocenters. The highest BCUT2D eigenvalue weighted by molar-refractivity contribution is 5.67. The number of hydrogen-bond donors (Lipinski definition) is 1. The summed E-state index contributed by atoms with van der Waals surface area (Å²) in [5.41, 5.74) is 0.434. The highest BCUT2D eigenvalue weighted by atomic mass is 16.6. The van der Waals surface area contributed by atoms with Gasteiger partial charge in [0, 0.05) is 31.7 Å². The zero-order valence-electron chi connectivity index (χ0n) is 14.8. The van der Waals surface area contributed by atoms with E-state index in [-0.39, 0.29) is 0 Å². The molecule has 0 aliphatic carbocycles. The number of benzene rings is 1. The van der Waals surface area contributed by atoms with Crippen LogP contribution >= 0.6 is 0 Å². The van der Waals surface area contributed by atoms with Crippen molar-refractivity contribution in [3.63, 3.8) is 0 Å². The second-order valence-corrected chi connectivity index (χ2v) is 6.77. The molecule has 2 rings (SSSR count). The van der Waals surface area contributed by atoms with E-state index in [1.165, 1.54) is 0 Å². The number of nitrogens with zero attached hydrogens (tertiary/aromatic N) is 1. The van der Waals surface area contributed by atoms with Crippen LogP contribution in [0.25, 0.3) is 0 Å². The van der Waals surface area contributed by atoms with Crippen LogP contribution in [0.15, 0.2) is 24.3 Å². The quantitative estimate of drug-likeness (QED) is 0.864. The average Bonchev–Trinajstić information content (AvgIpc) is 2.53. The number of ether oxygens (including phenoxy) is 3. The van der Waals surface area contributed by atoms with Crippen molar-refractivity contribution in [3.05, 3.63) is 29.8 Å². The van der Waals surface area contributed by atoms with Gasteiger partial charge in [-0.2, -0.15) is 0 Å². The summed E-state index contributed by atoms with van der Waals surface area (Å²) in [6, 6.07) is 7.73. The van der Waals surface area contributed by atoms with Gasteiger partial charge in [0.1, 0.15) is 18.0 Å². The van der Waals surface area contributed by atoms with Crippen LogP contribution in [0, 0.1) is 0 Å². The molecule has 1 amide bonds. The molecule has 1 fully saturated rings. The van der Waals surface area contributed by atoms with Gasteiger partial charge in [-0.25, -0.2) is 4.79 Å². The molecule has 1 heterocycles. The van der Waals surface area contributed by atoms with Gasteiger partial charge < -0.3 is 19.5 Å². The Kier molecular flexibility index (Phi) is 6.87. The standard InChI is InChI=1S/C18H28N2O4/c1-18(2,3)24-17(21)19-14-15-6-4-5-7-16(15)23-13-10-20-8-11-22-12-9-20/h4-7H,8-14H2,1-3H3,(H,19,21). The van der Waals surface area contributed by atoms with Crippen molar-refractivity contribution in [1.29, 1.82) is 0 Å². The van der Waals surface area contributed by atoms with Gasteiger partial charge in [0.05, 0.1) is 13.2 Å². The molecule has 0 aromatic heterocycles. The minimum Gasteiger partial charge on any atom is -0.492 e. The SMILES string of the molecule is CC(C)(C)OC(=O)NCc1ccccc1OCCN1CCOCC1. The molecule has 1 N–H and O–H groups in total. The van der Waals surface area contributed by atoms with Crippen LogP contribution in [0.2, 0.25) is 0 Å². The number of carbonyl (C=O) groups excluding carboxylic acids is 1. The first-order chi connectivity index (χ1) is 11.4. The molecular formula is C18H28N2O4. The number of nitrogens with one attached hydrogen (secondary N) is 1. The van der Waals surface area contributed by atoms with Crippen molar-refractivity contribution in [2.24, 2.45) is 0 Å². The van der Waals surface area contributed by atoms with Gasteiger partial charge in [0.15, 0.2) is 0 Å². The summed E-state index contributed by atoms with van der Waals surface area (Å²) in [5, 5.41) is 2.77. The maximum Gasteiger partial charge on any atom is 0.407 e. The third-order valence-electron chi connectivity index (χ3n) is 3.56. The van der Waals surface area contributed by atoms with Crippen molar-refractivity contribution in [2.75, 3.05) is 39.5 Å². The van der Waals surface area contributed by atoms with Crippen LogP contribution in [-0.2, 0) is 16.0 Å². The van der Waals surface area contributed by atoms with Crippen molar-refractivity contribution in [1.82, 2.24) is 10.2 Å². The van der Waals surface area contributed by atoms with Crippen LogP contribution < -0.4 is 10.1 Å². The summed E-state index contributed by atoms with van der Waals surface area (Å²) >= 11 is 0. The van der Waals surface area contributed by atoms with Crippen LogP contribution in [0.4, 0.5) is 4.79 Å². The van der Waals surface area contributed by atoms with Crippen LogP contribution in [0.5, 0.6) is 5.75 Å². The van der Waals surface area contributed by atoms with Crippen molar-refractivity contribution >= 4 is 6.09 Å². The fraction of sp³-hybridized carbons (Fsp3) is 0.611. The number of morpholine rings is 1. The fourth-order valence-corrected chi connectivity index (χ4v) is 2.38. The van der Waals surface area contributed by atoms with E-state index in [2.05, 4.69) is 10.2 Å². The van der Waals surface area contributed by atoms with E-state index >= 15 is 0 Å². The van der Waals surface area contributed by atoms with E-state index in [1.54, 1.807) is 0 Å². The van der Waals surface area contributed by atoms with Gasteiger partial charge >= 0.3 is 6.09 Å². The number of rotatable bonds is 6. The van der Waals surface area contributed by atoms with Crippen LogP contribution in [0.1, 0.15) is 26.3 Å². The van der Waals surface area contributed by atoms with E-state index in [9.17, 15) is 4.79 Å². The van der Waals surface area contributed by atoms with Crippen molar-refractivity contribution < 1.29 is 19.0 Å². The highest BCUT2D eigenvalue weighted by Crippen LogP contribution is 2.18. The number of para-hydroxylation sites is 1. The average molecular weight is 336 g/mol. The minimum atomic E-state index is -0.502. The second-order valence-electron chi connectivity index (χ2n) is 6.77.